The van der Waals surface area contributed by atoms with Crippen molar-refractivity contribution < 1.29 is 0 Å². The third-order valence-electron chi connectivity index (χ3n) is 5.52. The average molecular weight is 489 g/mol. The first-order valence-corrected chi connectivity index (χ1v) is 12.0. The van der Waals surface area contributed by atoms with Crippen LogP contribution >= 0.6 is 34.5 Å². The summed E-state index contributed by atoms with van der Waals surface area (Å²) < 4.78 is 2.12. The maximum Gasteiger partial charge on any atom is 0.114 e. The molecule has 5 rings (SSSR count). The minimum atomic E-state index is 0.510. The van der Waals surface area contributed by atoms with Crippen molar-refractivity contribution in [1.82, 2.24) is 14.5 Å². The van der Waals surface area contributed by atoms with E-state index in [9.17, 15) is 5.26 Å². The summed E-state index contributed by atoms with van der Waals surface area (Å²) in [7, 11) is 0. The molecule has 0 aliphatic rings. The van der Waals surface area contributed by atoms with Crippen LogP contribution in [0.1, 0.15) is 27.5 Å². The summed E-state index contributed by atoms with van der Waals surface area (Å²) in [6, 6.07) is 21.6. The summed E-state index contributed by atoms with van der Waals surface area (Å²) in [4.78, 5) is 9.45. The Hall–Kier alpha value is -3.17. The fourth-order valence-corrected chi connectivity index (χ4v) is 4.85. The summed E-state index contributed by atoms with van der Waals surface area (Å²) in [6.07, 6.45) is 0.644. The molecule has 0 saturated heterocycles. The highest BCUT2D eigenvalue weighted by molar-refractivity contribution is 7.09. The molecule has 3 aromatic carbocycles. The number of fused-ring (bicyclic) bond motifs is 1. The first kappa shape index (κ1) is 21.7. The van der Waals surface area contributed by atoms with Crippen LogP contribution in [0.5, 0.6) is 0 Å². The fraction of sp³-hybridized carbons (Fsp3) is 0.115. The molecule has 0 spiro atoms. The molecule has 5 aromatic rings. The number of aromatic nitrogens is 3. The minimum Gasteiger partial charge on any atom is -0.323 e. The van der Waals surface area contributed by atoms with Crippen LogP contribution in [-0.4, -0.2) is 14.5 Å². The number of hydrogen-bond acceptors (Lipinski definition) is 4. The summed E-state index contributed by atoms with van der Waals surface area (Å²) in [6.45, 7) is 2.52. The summed E-state index contributed by atoms with van der Waals surface area (Å²) >= 11 is 14.3. The van der Waals surface area contributed by atoms with Crippen LogP contribution in [0.15, 0.2) is 66.0 Å². The Kier molecular flexibility index (Phi) is 5.90. The molecule has 0 unspecified atom stereocenters. The highest BCUT2D eigenvalue weighted by atomic mass is 35.5. The third-order valence-corrected chi connectivity index (χ3v) is 6.90. The lowest BCUT2D eigenvalue weighted by Gasteiger charge is -2.12. The number of aryl methyl sites for hydroxylation is 1. The van der Waals surface area contributed by atoms with Gasteiger partial charge in [-0.25, -0.2) is 9.97 Å². The number of thiazole rings is 1. The van der Waals surface area contributed by atoms with Crippen LogP contribution in [-0.2, 0) is 13.0 Å². The minimum absolute atomic E-state index is 0.510. The van der Waals surface area contributed by atoms with Gasteiger partial charge in [0.1, 0.15) is 5.82 Å². The number of benzene rings is 3. The normalized spacial score (nSPS) is 11.1. The predicted molar refractivity (Wildman–Crippen MR) is 135 cm³/mol. The lowest BCUT2D eigenvalue weighted by Crippen LogP contribution is -2.06. The quantitative estimate of drug-likeness (QED) is 0.261. The van der Waals surface area contributed by atoms with Crippen molar-refractivity contribution in [3.8, 4) is 17.3 Å². The first-order chi connectivity index (χ1) is 16.0. The van der Waals surface area contributed by atoms with E-state index in [0.29, 0.717) is 28.6 Å². The van der Waals surface area contributed by atoms with Gasteiger partial charge in [0, 0.05) is 27.4 Å². The number of nitrogens with zero attached hydrogens (tertiary/aromatic N) is 4. The Morgan fingerprint density at radius 3 is 2.55 bits per heavy atom. The molecule has 0 N–H and O–H groups in total. The Morgan fingerprint density at radius 1 is 1.00 bits per heavy atom. The van der Waals surface area contributed by atoms with E-state index in [1.54, 1.807) is 29.5 Å². The number of rotatable bonds is 5. The lowest BCUT2D eigenvalue weighted by atomic mass is 10.1. The first-order valence-electron chi connectivity index (χ1n) is 10.3. The van der Waals surface area contributed by atoms with E-state index < -0.39 is 0 Å². The molecule has 33 heavy (non-hydrogen) atoms. The van der Waals surface area contributed by atoms with Gasteiger partial charge in [-0.2, -0.15) is 5.26 Å². The van der Waals surface area contributed by atoms with E-state index in [-0.39, 0.29) is 0 Å². The molecular weight excluding hydrogens is 471 g/mol. The number of hydrogen-bond donors (Lipinski definition) is 0. The van der Waals surface area contributed by atoms with E-state index in [4.69, 9.17) is 28.2 Å². The van der Waals surface area contributed by atoms with E-state index in [0.717, 1.165) is 44.2 Å². The van der Waals surface area contributed by atoms with E-state index >= 15 is 0 Å². The van der Waals surface area contributed by atoms with Crippen LogP contribution in [0.2, 0.25) is 10.0 Å². The Balaban J connectivity index is 1.54. The van der Waals surface area contributed by atoms with Crippen molar-refractivity contribution in [2.45, 2.75) is 19.9 Å². The Bertz CT molecular complexity index is 1510. The zero-order valence-electron chi connectivity index (χ0n) is 17.7. The summed E-state index contributed by atoms with van der Waals surface area (Å²) in [5.74, 6) is 0.897. The van der Waals surface area contributed by atoms with Crippen molar-refractivity contribution >= 4 is 45.6 Å². The third kappa shape index (κ3) is 4.51. The highest BCUT2D eigenvalue weighted by Gasteiger charge is 2.15. The second-order valence-corrected chi connectivity index (χ2v) is 9.70. The second kappa shape index (κ2) is 8.99. The van der Waals surface area contributed by atoms with E-state index in [1.165, 1.54) is 0 Å². The van der Waals surface area contributed by atoms with Gasteiger partial charge in [0.05, 0.1) is 39.9 Å². The summed E-state index contributed by atoms with van der Waals surface area (Å²) in [5.41, 5.74) is 6.47. The summed E-state index contributed by atoms with van der Waals surface area (Å²) in [5, 5.41) is 13.8. The molecule has 0 aliphatic heterocycles. The molecule has 2 aromatic heterocycles. The Labute approximate surface area is 205 Å². The topological polar surface area (TPSA) is 54.5 Å². The molecule has 0 aliphatic carbocycles. The van der Waals surface area contributed by atoms with Gasteiger partial charge in [-0.05, 0) is 54.4 Å². The smallest absolute Gasteiger partial charge is 0.114 e. The lowest BCUT2D eigenvalue weighted by molar-refractivity contribution is 0.762. The zero-order valence-corrected chi connectivity index (χ0v) is 20.0. The average Bonchev–Trinajstić information content (AvgIpc) is 3.40. The van der Waals surface area contributed by atoms with Gasteiger partial charge in [0.25, 0.3) is 0 Å². The molecule has 2 heterocycles. The van der Waals surface area contributed by atoms with Crippen LogP contribution in [0.4, 0.5) is 0 Å². The number of halogens is 2. The predicted octanol–water partition coefficient (Wildman–Crippen LogP) is 7.29. The van der Waals surface area contributed by atoms with Crippen molar-refractivity contribution in [1.29, 1.82) is 5.26 Å². The van der Waals surface area contributed by atoms with Gasteiger partial charge in [-0.3, -0.25) is 0 Å². The molecule has 7 heteroatoms. The van der Waals surface area contributed by atoms with Crippen molar-refractivity contribution in [3.05, 3.63) is 104 Å². The van der Waals surface area contributed by atoms with Crippen LogP contribution in [0, 0.1) is 18.3 Å². The molecule has 4 nitrogen and oxygen atoms in total. The van der Waals surface area contributed by atoms with Gasteiger partial charge >= 0.3 is 0 Å². The Morgan fingerprint density at radius 2 is 1.82 bits per heavy atom. The van der Waals surface area contributed by atoms with Gasteiger partial charge < -0.3 is 4.57 Å². The van der Waals surface area contributed by atoms with Crippen molar-refractivity contribution in [3.63, 3.8) is 0 Å². The molecule has 0 radical (unpaired) electrons. The van der Waals surface area contributed by atoms with Crippen LogP contribution in [0.25, 0.3) is 22.3 Å². The second-order valence-electron chi connectivity index (χ2n) is 7.79. The maximum atomic E-state index is 9.40. The SMILES string of the molecule is Cc1nc(-c2ccc(Cc3nc4ccc(C#N)cc4n3Cc3cc(Cl)ccc3Cl)cc2)cs1. The van der Waals surface area contributed by atoms with Crippen LogP contribution in [0.3, 0.4) is 0 Å². The van der Waals surface area contributed by atoms with Gasteiger partial charge in [0.2, 0.25) is 0 Å². The van der Waals surface area contributed by atoms with Crippen LogP contribution < -0.4 is 0 Å². The van der Waals surface area contributed by atoms with Crippen molar-refractivity contribution in [2.75, 3.05) is 0 Å². The van der Waals surface area contributed by atoms with E-state index in [1.807, 2.05) is 25.1 Å². The largest absolute Gasteiger partial charge is 0.323 e. The van der Waals surface area contributed by atoms with Crippen molar-refractivity contribution in [2.24, 2.45) is 0 Å². The highest BCUT2D eigenvalue weighted by Crippen LogP contribution is 2.27. The monoisotopic (exact) mass is 488 g/mol. The van der Waals surface area contributed by atoms with Gasteiger partial charge in [-0.1, -0.05) is 47.5 Å². The van der Waals surface area contributed by atoms with E-state index in [2.05, 4.69) is 45.3 Å². The molecule has 162 valence electrons. The standard InChI is InChI=1S/C26H18Cl2N4S/c1-16-30-24(15-33-16)19-5-2-17(3-6-19)11-26-31-23-9-4-18(13-29)10-25(23)32(26)14-20-12-21(27)7-8-22(20)28/h2-10,12,15H,11,14H2,1H3. The van der Waals surface area contributed by atoms with Gasteiger partial charge in [-0.15, -0.1) is 11.3 Å². The van der Waals surface area contributed by atoms with Gasteiger partial charge in [0.15, 0.2) is 0 Å². The number of imidazole rings is 1. The maximum absolute atomic E-state index is 9.40. The molecule has 0 amide bonds. The molecule has 0 atom stereocenters. The molecular formula is C26H18Cl2N4S. The fourth-order valence-electron chi connectivity index (χ4n) is 3.86. The molecule has 0 saturated carbocycles. The molecule has 0 bridgehead atoms. The molecule has 0 fully saturated rings. The zero-order chi connectivity index (χ0) is 22.9. The number of nitriles is 1.